The molecule has 2 rings (SSSR count). The molecule has 0 aliphatic heterocycles. The largest absolute Gasteiger partial charge is 0.347 e. The topological polar surface area (TPSA) is 77.7 Å². The van der Waals surface area contributed by atoms with Gasteiger partial charge in [-0.3, -0.25) is 0 Å². The van der Waals surface area contributed by atoms with Crippen LogP contribution in [-0.2, 0) is 5.41 Å². The van der Waals surface area contributed by atoms with Gasteiger partial charge in [-0.25, -0.2) is 0 Å². The fourth-order valence-electron chi connectivity index (χ4n) is 2.06. The minimum Gasteiger partial charge on any atom is -0.347 e. The van der Waals surface area contributed by atoms with Gasteiger partial charge in [0.15, 0.2) is 0 Å². The summed E-state index contributed by atoms with van der Waals surface area (Å²) in [4.78, 5) is 15.2. The molecule has 0 atom stereocenters. The molecule has 1 heterocycles. The standard InChI is InChI=1S/C18H24N6/c1-12(2)15-21-16(23-17(22-15)24(5)6)20-14-9-7-13(8-10-14)18(3,4)11-19/h7-10,12H,1-6H3,(H,20,21,22,23). The highest BCUT2D eigenvalue weighted by Gasteiger charge is 2.19. The average molecular weight is 324 g/mol. The molecule has 0 saturated carbocycles. The molecule has 1 aromatic heterocycles. The number of benzene rings is 1. The second-order valence-electron chi connectivity index (χ2n) is 6.81. The van der Waals surface area contributed by atoms with Crippen LogP contribution in [0.4, 0.5) is 17.6 Å². The molecule has 126 valence electrons. The lowest BCUT2D eigenvalue weighted by atomic mass is 9.86. The lowest BCUT2D eigenvalue weighted by Crippen LogP contribution is -2.16. The number of rotatable bonds is 5. The first-order valence-corrected chi connectivity index (χ1v) is 7.95. The molecular formula is C18H24N6. The molecule has 0 amide bonds. The zero-order valence-corrected chi connectivity index (χ0v) is 15.1. The number of nitrogens with zero attached hydrogens (tertiary/aromatic N) is 5. The summed E-state index contributed by atoms with van der Waals surface area (Å²) in [6, 6.07) is 10.1. The molecule has 0 aliphatic carbocycles. The predicted octanol–water partition coefficient (Wildman–Crippen LogP) is 3.61. The van der Waals surface area contributed by atoms with E-state index < -0.39 is 5.41 Å². The van der Waals surface area contributed by atoms with Crippen LogP contribution in [0.5, 0.6) is 0 Å². The van der Waals surface area contributed by atoms with E-state index in [2.05, 4.69) is 40.2 Å². The zero-order valence-electron chi connectivity index (χ0n) is 15.1. The third-order valence-electron chi connectivity index (χ3n) is 3.70. The van der Waals surface area contributed by atoms with Crippen molar-refractivity contribution in [1.82, 2.24) is 15.0 Å². The van der Waals surface area contributed by atoms with Crippen LogP contribution < -0.4 is 10.2 Å². The maximum absolute atomic E-state index is 9.22. The van der Waals surface area contributed by atoms with Crippen LogP contribution in [0.3, 0.4) is 0 Å². The smallest absolute Gasteiger partial charge is 0.232 e. The van der Waals surface area contributed by atoms with Crippen LogP contribution in [0, 0.1) is 11.3 Å². The Morgan fingerprint density at radius 2 is 1.71 bits per heavy atom. The molecule has 0 spiro atoms. The first kappa shape index (κ1) is 17.7. The minimum atomic E-state index is -0.505. The summed E-state index contributed by atoms with van der Waals surface area (Å²) in [6.45, 7) is 7.91. The van der Waals surface area contributed by atoms with Gasteiger partial charge >= 0.3 is 0 Å². The summed E-state index contributed by atoms with van der Waals surface area (Å²) in [5.41, 5.74) is 1.34. The van der Waals surface area contributed by atoms with E-state index >= 15 is 0 Å². The summed E-state index contributed by atoms with van der Waals surface area (Å²) in [7, 11) is 3.81. The van der Waals surface area contributed by atoms with Crippen molar-refractivity contribution in [2.45, 2.75) is 39.0 Å². The third kappa shape index (κ3) is 3.99. The van der Waals surface area contributed by atoms with Crippen molar-refractivity contribution in [3.8, 4) is 6.07 Å². The summed E-state index contributed by atoms with van der Waals surface area (Å²) in [5, 5.41) is 12.4. The van der Waals surface area contributed by atoms with Crippen molar-refractivity contribution in [3.05, 3.63) is 35.7 Å². The minimum absolute atomic E-state index is 0.214. The van der Waals surface area contributed by atoms with Crippen molar-refractivity contribution in [2.24, 2.45) is 0 Å². The molecule has 0 fully saturated rings. The highest BCUT2D eigenvalue weighted by Crippen LogP contribution is 2.25. The fourth-order valence-corrected chi connectivity index (χ4v) is 2.06. The molecular weight excluding hydrogens is 300 g/mol. The summed E-state index contributed by atoms with van der Waals surface area (Å²) in [5.74, 6) is 2.10. The molecule has 0 aliphatic rings. The molecule has 0 unspecified atom stereocenters. The third-order valence-corrected chi connectivity index (χ3v) is 3.70. The Morgan fingerprint density at radius 1 is 1.08 bits per heavy atom. The Kier molecular flexibility index (Phi) is 5.03. The summed E-state index contributed by atoms with van der Waals surface area (Å²) >= 11 is 0. The maximum Gasteiger partial charge on any atom is 0.232 e. The van der Waals surface area contributed by atoms with E-state index in [1.54, 1.807) is 0 Å². The Balaban J connectivity index is 2.29. The van der Waals surface area contributed by atoms with E-state index in [0.29, 0.717) is 11.9 Å². The first-order chi connectivity index (χ1) is 11.2. The van der Waals surface area contributed by atoms with E-state index in [1.807, 2.05) is 57.1 Å². The van der Waals surface area contributed by atoms with Crippen molar-refractivity contribution in [1.29, 1.82) is 5.26 Å². The van der Waals surface area contributed by atoms with Gasteiger partial charge in [0.1, 0.15) is 5.82 Å². The van der Waals surface area contributed by atoms with E-state index in [4.69, 9.17) is 0 Å². The molecule has 24 heavy (non-hydrogen) atoms. The highest BCUT2D eigenvalue weighted by atomic mass is 15.3. The summed E-state index contributed by atoms with van der Waals surface area (Å²) in [6.07, 6.45) is 0. The monoisotopic (exact) mass is 324 g/mol. The Bertz CT molecular complexity index is 715. The van der Waals surface area contributed by atoms with Crippen molar-refractivity contribution in [2.75, 3.05) is 24.3 Å². The van der Waals surface area contributed by atoms with Gasteiger partial charge in [0, 0.05) is 25.7 Å². The van der Waals surface area contributed by atoms with Crippen LogP contribution >= 0.6 is 0 Å². The number of anilines is 3. The van der Waals surface area contributed by atoms with Crippen LogP contribution in [0.15, 0.2) is 24.3 Å². The van der Waals surface area contributed by atoms with Gasteiger partial charge in [-0.2, -0.15) is 20.2 Å². The number of nitrogens with one attached hydrogen (secondary N) is 1. The Morgan fingerprint density at radius 3 is 2.21 bits per heavy atom. The predicted molar refractivity (Wildman–Crippen MR) is 96.6 cm³/mol. The molecule has 0 bridgehead atoms. The normalized spacial score (nSPS) is 11.2. The van der Waals surface area contributed by atoms with Crippen molar-refractivity contribution < 1.29 is 0 Å². The molecule has 6 heteroatoms. The van der Waals surface area contributed by atoms with Gasteiger partial charge in [0.05, 0.1) is 11.5 Å². The van der Waals surface area contributed by atoms with Crippen LogP contribution in [0.25, 0.3) is 0 Å². The lowest BCUT2D eigenvalue weighted by molar-refractivity contribution is 0.687. The lowest BCUT2D eigenvalue weighted by Gasteiger charge is -2.17. The van der Waals surface area contributed by atoms with Gasteiger partial charge in [0.25, 0.3) is 0 Å². The van der Waals surface area contributed by atoms with Gasteiger partial charge in [-0.1, -0.05) is 26.0 Å². The van der Waals surface area contributed by atoms with Crippen LogP contribution in [-0.4, -0.2) is 29.0 Å². The van der Waals surface area contributed by atoms with Gasteiger partial charge in [0.2, 0.25) is 11.9 Å². The first-order valence-electron chi connectivity index (χ1n) is 7.95. The van der Waals surface area contributed by atoms with Crippen molar-refractivity contribution in [3.63, 3.8) is 0 Å². The molecule has 6 nitrogen and oxygen atoms in total. The number of aromatic nitrogens is 3. The quantitative estimate of drug-likeness (QED) is 0.905. The molecule has 0 saturated heterocycles. The molecule has 1 aromatic carbocycles. The summed E-state index contributed by atoms with van der Waals surface area (Å²) < 4.78 is 0. The maximum atomic E-state index is 9.22. The molecule has 0 radical (unpaired) electrons. The number of hydrogen-bond donors (Lipinski definition) is 1. The van der Waals surface area contributed by atoms with Gasteiger partial charge in [-0.15, -0.1) is 0 Å². The second-order valence-corrected chi connectivity index (χ2v) is 6.81. The Hall–Kier alpha value is -2.68. The second kappa shape index (κ2) is 6.83. The Labute approximate surface area is 143 Å². The van der Waals surface area contributed by atoms with Crippen molar-refractivity contribution >= 4 is 17.6 Å². The average Bonchev–Trinajstić information content (AvgIpc) is 2.55. The molecule has 2 aromatic rings. The number of hydrogen-bond acceptors (Lipinski definition) is 6. The zero-order chi connectivity index (χ0) is 17.9. The van der Waals surface area contributed by atoms with E-state index in [-0.39, 0.29) is 5.92 Å². The van der Waals surface area contributed by atoms with E-state index in [9.17, 15) is 5.26 Å². The van der Waals surface area contributed by atoms with E-state index in [1.165, 1.54) is 0 Å². The number of nitriles is 1. The molecule has 1 N–H and O–H groups in total. The fraction of sp³-hybridized carbons (Fsp3) is 0.444. The van der Waals surface area contributed by atoms with Gasteiger partial charge in [-0.05, 0) is 31.5 Å². The van der Waals surface area contributed by atoms with Gasteiger partial charge < -0.3 is 10.2 Å². The SMILES string of the molecule is CC(C)c1nc(Nc2ccc(C(C)(C)C#N)cc2)nc(N(C)C)n1. The highest BCUT2D eigenvalue weighted by molar-refractivity contribution is 5.55. The van der Waals surface area contributed by atoms with Crippen LogP contribution in [0.2, 0.25) is 0 Å². The van der Waals surface area contributed by atoms with Crippen LogP contribution in [0.1, 0.15) is 45.0 Å². The van der Waals surface area contributed by atoms with E-state index in [0.717, 1.165) is 17.1 Å².